The van der Waals surface area contributed by atoms with E-state index in [1.165, 1.54) is 32.1 Å². The number of rotatable bonds is 2. The van der Waals surface area contributed by atoms with Crippen molar-refractivity contribution in [3.63, 3.8) is 0 Å². The number of piperidine rings is 1. The van der Waals surface area contributed by atoms with Gasteiger partial charge in [0.05, 0.1) is 12.2 Å². The normalized spacial score (nSPS) is 30.4. The van der Waals surface area contributed by atoms with Gasteiger partial charge in [-0.05, 0) is 53.4 Å². The third-order valence-electron chi connectivity index (χ3n) is 4.09. The molecule has 2 rings (SSSR count). The van der Waals surface area contributed by atoms with E-state index in [2.05, 4.69) is 33.0 Å². The molecule has 0 amide bonds. The van der Waals surface area contributed by atoms with Crippen LogP contribution < -0.4 is 5.32 Å². The molecule has 100 valence electrons. The van der Waals surface area contributed by atoms with Crippen molar-refractivity contribution in [1.29, 1.82) is 0 Å². The second kappa shape index (κ2) is 4.89. The van der Waals surface area contributed by atoms with Gasteiger partial charge in [0.2, 0.25) is 0 Å². The van der Waals surface area contributed by atoms with E-state index in [9.17, 15) is 0 Å². The number of hydrogen-bond donors (Lipinski definition) is 1. The SMILES string of the molecule is CC1(C)CC(OC2CCCCC2)CC(C)(C)N1. The van der Waals surface area contributed by atoms with Crippen LogP contribution in [0.5, 0.6) is 0 Å². The first-order valence-corrected chi connectivity index (χ1v) is 7.31. The summed E-state index contributed by atoms with van der Waals surface area (Å²) >= 11 is 0. The minimum Gasteiger partial charge on any atom is -0.375 e. The molecule has 0 atom stereocenters. The van der Waals surface area contributed by atoms with E-state index in [1.807, 2.05) is 0 Å². The molecule has 0 spiro atoms. The average Bonchev–Trinajstić information content (AvgIpc) is 2.13. The van der Waals surface area contributed by atoms with E-state index in [1.54, 1.807) is 0 Å². The average molecular weight is 239 g/mol. The Kier molecular flexibility index (Phi) is 3.84. The molecule has 2 nitrogen and oxygen atoms in total. The Morgan fingerprint density at radius 3 is 1.88 bits per heavy atom. The highest BCUT2D eigenvalue weighted by Crippen LogP contribution is 2.32. The summed E-state index contributed by atoms with van der Waals surface area (Å²) in [7, 11) is 0. The summed E-state index contributed by atoms with van der Waals surface area (Å²) in [6.07, 6.45) is 9.98. The highest BCUT2D eigenvalue weighted by molar-refractivity contribution is 4.97. The summed E-state index contributed by atoms with van der Waals surface area (Å²) in [4.78, 5) is 0. The maximum Gasteiger partial charge on any atom is 0.0613 e. The molecule has 0 aromatic carbocycles. The zero-order chi connectivity index (χ0) is 12.5. The molecule has 1 heterocycles. The van der Waals surface area contributed by atoms with E-state index >= 15 is 0 Å². The smallest absolute Gasteiger partial charge is 0.0613 e. The monoisotopic (exact) mass is 239 g/mol. The maximum absolute atomic E-state index is 6.36. The minimum atomic E-state index is 0.209. The third kappa shape index (κ3) is 3.96. The molecule has 0 radical (unpaired) electrons. The highest BCUT2D eigenvalue weighted by atomic mass is 16.5. The Bertz CT molecular complexity index is 238. The van der Waals surface area contributed by atoms with E-state index in [0.29, 0.717) is 12.2 Å². The van der Waals surface area contributed by atoms with Gasteiger partial charge in [-0.25, -0.2) is 0 Å². The Morgan fingerprint density at radius 2 is 1.35 bits per heavy atom. The predicted molar refractivity (Wildman–Crippen MR) is 72.3 cm³/mol. The second-order valence-corrected chi connectivity index (χ2v) is 7.32. The van der Waals surface area contributed by atoms with Gasteiger partial charge in [-0.15, -0.1) is 0 Å². The van der Waals surface area contributed by atoms with Crippen molar-refractivity contribution in [2.45, 2.75) is 95.9 Å². The lowest BCUT2D eigenvalue weighted by molar-refractivity contribution is -0.0749. The third-order valence-corrected chi connectivity index (χ3v) is 4.09. The van der Waals surface area contributed by atoms with E-state index < -0.39 is 0 Å². The fourth-order valence-corrected chi connectivity index (χ4v) is 3.80. The minimum absolute atomic E-state index is 0.209. The Morgan fingerprint density at radius 1 is 0.824 bits per heavy atom. The van der Waals surface area contributed by atoms with Crippen LogP contribution in [0.15, 0.2) is 0 Å². The Hall–Kier alpha value is -0.0800. The van der Waals surface area contributed by atoms with Crippen molar-refractivity contribution in [3.8, 4) is 0 Å². The number of nitrogens with one attached hydrogen (secondary N) is 1. The quantitative estimate of drug-likeness (QED) is 0.794. The van der Waals surface area contributed by atoms with E-state index in [-0.39, 0.29) is 11.1 Å². The summed E-state index contributed by atoms with van der Waals surface area (Å²) in [6.45, 7) is 9.19. The van der Waals surface area contributed by atoms with E-state index in [4.69, 9.17) is 4.74 Å². The molecule has 0 unspecified atom stereocenters. The summed E-state index contributed by atoms with van der Waals surface area (Å²) in [5, 5.41) is 3.72. The van der Waals surface area contributed by atoms with Crippen LogP contribution in [-0.4, -0.2) is 23.3 Å². The van der Waals surface area contributed by atoms with Crippen molar-refractivity contribution in [2.75, 3.05) is 0 Å². The van der Waals surface area contributed by atoms with Gasteiger partial charge in [0.15, 0.2) is 0 Å². The summed E-state index contributed by atoms with van der Waals surface area (Å²) < 4.78 is 6.36. The van der Waals surface area contributed by atoms with Crippen molar-refractivity contribution in [2.24, 2.45) is 0 Å². The summed E-state index contributed by atoms with van der Waals surface area (Å²) in [5.41, 5.74) is 0.419. The summed E-state index contributed by atoms with van der Waals surface area (Å²) in [5.74, 6) is 0. The molecule has 1 aliphatic heterocycles. The largest absolute Gasteiger partial charge is 0.375 e. The first kappa shape index (κ1) is 13.4. The van der Waals surface area contributed by atoms with Crippen molar-refractivity contribution < 1.29 is 4.74 Å². The fourth-order valence-electron chi connectivity index (χ4n) is 3.80. The lowest BCUT2D eigenvalue weighted by atomic mass is 9.81. The van der Waals surface area contributed by atoms with Crippen molar-refractivity contribution in [1.82, 2.24) is 5.32 Å². The first-order valence-electron chi connectivity index (χ1n) is 7.31. The van der Waals surface area contributed by atoms with Crippen molar-refractivity contribution in [3.05, 3.63) is 0 Å². The van der Waals surface area contributed by atoms with Gasteiger partial charge in [-0.3, -0.25) is 0 Å². The predicted octanol–water partition coefficient (Wildman–Crippen LogP) is 3.64. The molecule has 2 fully saturated rings. The molecule has 2 aliphatic rings. The maximum atomic E-state index is 6.36. The zero-order valence-electron chi connectivity index (χ0n) is 12.0. The van der Waals surface area contributed by atoms with Crippen LogP contribution in [0.1, 0.15) is 72.6 Å². The zero-order valence-corrected chi connectivity index (χ0v) is 12.0. The topological polar surface area (TPSA) is 21.3 Å². The highest BCUT2D eigenvalue weighted by Gasteiger charge is 2.38. The number of ether oxygens (including phenoxy) is 1. The molecule has 0 aromatic heterocycles. The van der Waals surface area contributed by atoms with Gasteiger partial charge in [-0.1, -0.05) is 19.3 Å². The van der Waals surface area contributed by atoms with Gasteiger partial charge < -0.3 is 10.1 Å². The van der Waals surface area contributed by atoms with Crippen LogP contribution in [0.3, 0.4) is 0 Å². The lowest BCUT2D eigenvalue weighted by Crippen LogP contribution is -2.59. The first-order chi connectivity index (χ1) is 7.86. The van der Waals surface area contributed by atoms with Crippen molar-refractivity contribution >= 4 is 0 Å². The lowest BCUT2D eigenvalue weighted by Gasteiger charge is -2.47. The van der Waals surface area contributed by atoms with Gasteiger partial charge in [-0.2, -0.15) is 0 Å². The molecule has 17 heavy (non-hydrogen) atoms. The Balaban J connectivity index is 1.91. The van der Waals surface area contributed by atoms with Crippen LogP contribution in [0.2, 0.25) is 0 Å². The molecule has 1 saturated heterocycles. The standard InChI is InChI=1S/C15H29NO/c1-14(2)10-13(11-15(3,4)16-14)17-12-8-6-5-7-9-12/h12-13,16H,5-11H2,1-4H3. The van der Waals surface area contributed by atoms with Gasteiger partial charge >= 0.3 is 0 Å². The summed E-state index contributed by atoms with van der Waals surface area (Å²) in [6, 6.07) is 0. The van der Waals surface area contributed by atoms with Gasteiger partial charge in [0.25, 0.3) is 0 Å². The molecule has 1 N–H and O–H groups in total. The molecule has 1 aliphatic carbocycles. The van der Waals surface area contributed by atoms with Crippen LogP contribution in [0, 0.1) is 0 Å². The molecule has 2 heteroatoms. The van der Waals surface area contributed by atoms with Gasteiger partial charge in [0.1, 0.15) is 0 Å². The molecule has 0 aromatic rings. The van der Waals surface area contributed by atoms with Gasteiger partial charge in [0, 0.05) is 11.1 Å². The van der Waals surface area contributed by atoms with Crippen LogP contribution in [-0.2, 0) is 4.74 Å². The second-order valence-electron chi connectivity index (χ2n) is 7.32. The van der Waals surface area contributed by atoms with Crippen LogP contribution in [0.25, 0.3) is 0 Å². The molecular weight excluding hydrogens is 210 g/mol. The van der Waals surface area contributed by atoms with E-state index in [0.717, 1.165) is 12.8 Å². The number of hydrogen-bond acceptors (Lipinski definition) is 2. The molecule has 0 bridgehead atoms. The van der Waals surface area contributed by atoms with Crippen LogP contribution in [0.4, 0.5) is 0 Å². The molecule has 1 saturated carbocycles. The fraction of sp³-hybridized carbons (Fsp3) is 1.00. The molecular formula is C15H29NO. The Labute approximate surface area is 107 Å². The van der Waals surface area contributed by atoms with Crippen LogP contribution >= 0.6 is 0 Å².